The van der Waals surface area contributed by atoms with Gasteiger partial charge in [0.15, 0.2) is 11.4 Å². The number of carbonyl (C=O) groups is 1. The Hall–Kier alpha value is -1.78. The molecule has 0 spiro atoms. The lowest BCUT2D eigenvalue weighted by molar-refractivity contribution is -0.138. The van der Waals surface area contributed by atoms with Crippen molar-refractivity contribution in [2.24, 2.45) is 0 Å². The van der Waals surface area contributed by atoms with Gasteiger partial charge in [0.2, 0.25) is 0 Å². The summed E-state index contributed by atoms with van der Waals surface area (Å²) in [6, 6.07) is 10.9. The molecule has 0 saturated carbocycles. The van der Waals surface area contributed by atoms with E-state index in [2.05, 4.69) is 5.32 Å². The molecule has 0 aliphatic heterocycles. The topological polar surface area (TPSA) is 97.7 Å². The van der Waals surface area contributed by atoms with Crippen LogP contribution in [0.5, 0.6) is 0 Å². The first kappa shape index (κ1) is 25.3. The molecule has 0 heterocycles. The smallest absolute Gasteiger partial charge is 0.357 e. The van der Waals surface area contributed by atoms with Crippen LogP contribution in [0.1, 0.15) is 46.0 Å². The van der Waals surface area contributed by atoms with Gasteiger partial charge in [-0.15, -0.1) is 11.8 Å². The van der Waals surface area contributed by atoms with Gasteiger partial charge in [0, 0.05) is 0 Å². The summed E-state index contributed by atoms with van der Waals surface area (Å²) in [7, 11) is -3.75. The van der Waals surface area contributed by atoms with Gasteiger partial charge < -0.3 is 19.1 Å². The van der Waals surface area contributed by atoms with Crippen LogP contribution in [-0.2, 0) is 23.1 Å². The van der Waals surface area contributed by atoms with Crippen molar-refractivity contribution in [2.45, 2.75) is 52.6 Å². The fraction of sp³-hybridized carbons (Fsp3) is 0.500. The van der Waals surface area contributed by atoms with Crippen LogP contribution < -0.4 is 5.32 Å². The lowest BCUT2D eigenvalue weighted by Crippen LogP contribution is -2.26. The Morgan fingerprint density at radius 1 is 1.17 bits per heavy atom. The summed E-state index contributed by atoms with van der Waals surface area (Å²) in [6.07, 6.45) is 0.975. The third-order valence-corrected chi connectivity index (χ3v) is 6.66. The zero-order valence-electron chi connectivity index (χ0n) is 17.7. The maximum absolute atomic E-state index is 13.9. The molecule has 0 radical (unpaired) electrons. The number of esters is 1. The lowest BCUT2D eigenvalue weighted by Gasteiger charge is -2.31. The Labute approximate surface area is 177 Å². The maximum atomic E-state index is 13.9. The Bertz CT molecular complexity index is 776. The first-order valence-electron chi connectivity index (χ1n) is 9.31. The van der Waals surface area contributed by atoms with Gasteiger partial charge in [-0.25, -0.2) is 4.79 Å². The van der Waals surface area contributed by atoms with Crippen molar-refractivity contribution in [1.82, 2.24) is 5.32 Å². The summed E-state index contributed by atoms with van der Waals surface area (Å²) in [5.41, 5.74) is 0.450. The summed E-state index contributed by atoms with van der Waals surface area (Å²) < 4.78 is 30.4. The molecule has 7 nitrogen and oxygen atoms in total. The number of ether oxygens (including phenoxy) is 1. The first-order valence-corrected chi connectivity index (χ1v) is 12.2. The molecule has 0 bridgehead atoms. The van der Waals surface area contributed by atoms with E-state index < -0.39 is 19.3 Å². The van der Waals surface area contributed by atoms with E-state index in [1.807, 2.05) is 12.1 Å². The summed E-state index contributed by atoms with van der Waals surface area (Å²) in [5, 5.41) is 12.8. The van der Waals surface area contributed by atoms with Crippen LogP contribution in [0.4, 0.5) is 0 Å². The van der Waals surface area contributed by atoms with E-state index in [4.69, 9.17) is 13.8 Å². The molecular formula is C20H29N2O5PS. The Balaban J connectivity index is 3.54. The number of hydrogen-bond acceptors (Lipinski definition) is 8. The highest BCUT2D eigenvalue weighted by Gasteiger charge is 2.40. The molecule has 1 aromatic carbocycles. The highest BCUT2D eigenvalue weighted by atomic mass is 32.2. The van der Waals surface area contributed by atoms with Crippen molar-refractivity contribution in [1.29, 1.82) is 5.26 Å². The number of benzene rings is 1. The molecule has 0 amide bonds. The van der Waals surface area contributed by atoms with Crippen LogP contribution in [0.2, 0.25) is 0 Å². The van der Waals surface area contributed by atoms with Crippen molar-refractivity contribution in [3.63, 3.8) is 0 Å². The Kier molecular flexibility index (Phi) is 10.5. The van der Waals surface area contributed by atoms with Gasteiger partial charge >= 0.3 is 13.6 Å². The molecule has 1 rings (SSSR count). The predicted octanol–water partition coefficient (Wildman–Crippen LogP) is 4.98. The molecule has 0 aliphatic carbocycles. The van der Waals surface area contributed by atoms with E-state index in [0.717, 1.165) is 11.8 Å². The van der Waals surface area contributed by atoms with Crippen LogP contribution in [-0.4, -0.2) is 31.0 Å². The minimum atomic E-state index is -3.75. The van der Waals surface area contributed by atoms with Crippen molar-refractivity contribution in [2.75, 3.05) is 12.9 Å². The molecule has 1 atom stereocenters. The molecular weight excluding hydrogens is 411 g/mol. The number of rotatable bonds is 11. The lowest BCUT2D eigenvalue weighted by atomic mass is 10.2. The zero-order valence-corrected chi connectivity index (χ0v) is 19.4. The second kappa shape index (κ2) is 12.0. The number of nitriles is 1. The Morgan fingerprint density at radius 3 is 2.14 bits per heavy atom. The van der Waals surface area contributed by atoms with Gasteiger partial charge in [-0.2, -0.15) is 5.26 Å². The standard InChI is InChI=1S/C20H29N2O5PS/c1-7-25-20(23)17(13-21)19(29-6)22-18(16-11-9-8-10-12-16)28(24,26-14(2)3)27-15(4)5/h8-12,14-15,18,22H,7H2,1-6H3/b19-17+. The van der Waals surface area contributed by atoms with E-state index in [9.17, 15) is 14.6 Å². The maximum Gasteiger partial charge on any atom is 0.357 e. The van der Waals surface area contributed by atoms with Crippen molar-refractivity contribution >= 4 is 25.3 Å². The molecule has 160 valence electrons. The highest BCUT2D eigenvalue weighted by Crippen LogP contribution is 2.61. The van der Waals surface area contributed by atoms with Crippen LogP contribution in [0.25, 0.3) is 0 Å². The van der Waals surface area contributed by atoms with Crippen LogP contribution >= 0.6 is 19.4 Å². The van der Waals surface area contributed by atoms with Gasteiger partial charge in [0.1, 0.15) is 6.07 Å². The van der Waals surface area contributed by atoms with Gasteiger partial charge in [-0.3, -0.25) is 4.57 Å². The van der Waals surface area contributed by atoms with E-state index in [-0.39, 0.29) is 29.4 Å². The summed E-state index contributed by atoms with van der Waals surface area (Å²) in [4.78, 5) is 12.2. The van der Waals surface area contributed by atoms with Crippen LogP contribution in [0.3, 0.4) is 0 Å². The van der Waals surface area contributed by atoms with E-state index in [1.54, 1.807) is 65.1 Å². The normalized spacial score (nSPS) is 13.6. The summed E-state index contributed by atoms with van der Waals surface area (Å²) in [5.74, 6) is -1.67. The molecule has 1 N–H and O–H groups in total. The molecule has 29 heavy (non-hydrogen) atoms. The van der Waals surface area contributed by atoms with E-state index in [1.165, 1.54) is 0 Å². The van der Waals surface area contributed by atoms with Crippen molar-refractivity contribution in [3.05, 3.63) is 46.5 Å². The Morgan fingerprint density at radius 2 is 1.72 bits per heavy atom. The molecule has 1 aromatic rings. The average Bonchev–Trinajstić information content (AvgIpc) is 2.64. The minimum Gasteiger partial charge on any atom is -0.462 e. The largest absolute Gasteiger partial charge is 0.462 e. The predicted molar refractivity (Wildman–Crippen MR) is 115 cm³/mol. The monoisotopic (exact) mass is 440 g/mol. The molecule has 9 heteroatoms. The quantitative estimate of drug-likeness (QED) is 0.223. The second-order valence-corrected chi connectivity index (χ2v) is 9.38. The number of nitrogens with one attached hydrogen (secondary N) is 1. The fourth-order valence-corrected chi connectivity index (χ4v) is 5.41. The molecule has 0 fully saturated rings. The molecule has 0 aromatic heterocycles. The molecule has 1 unspecified atom stereocenters. The molecule has 0 aliphatic rings. The zero-order chi connectivity index (χ0) is 22.0. The van der Waals surface area contributed by atoms with Crippen molar-refractivity contribution in [3.8, 4) is 6.07 Å². The number of thioether (sulfide) groups is 1. The second-order valence-electron chi connectivity index (χ2n) is 6.55. The summed E-state index contributed by atoms with van der Waals surface area (Å²) in [6.45, 7) is 8.87. The number of hydrogen-bond donors (Lipinski definition) is 1. The van der Waals surface area contributed by atoms with Crippen LogP contribution in [0.15, 0.2) is 40.9 Å². The van der Waals surface area contributed by atoms with Gasteiger partial charge in [-0.05, 0) is 46.4 Å². The third kappa shape index (κ3) is 7.52. The van der Waals surface area contributed by atoms with E-state index >= 15 is 0 Å². The number of carbonyl (C=O) groups excluding carboxylic acids is 1. The third-order valence-electron chi connectivity index (χ3n) is 3.44. The van der Waals surface area contributed by atoms with E-state index in [0.29, 0.717) is 5.56 Å². The molecule has 0 saturated heterocycles. The summed E-state index contributed by atoms with van der Waals surface area (Å²) >= 11 is 1.15. The van der Waals surface area contributed by atoms with Gasteiger partial charge in [-0.1, -0.05) is 30.3 Å². The van der Waals surface area contributed by atoms with Crippen LogP contribution in [0, 0.1) is 11.3 Å². The average molecular weight is 441 g/mol. The SMILES string of the molecule is CCOC(=O)/C(C#N)=C(\NC(c1ccccc1)P(=O)(OC(C)C)OC(C)C)SC. The van der Waals surface area contributed by atoms with Crippen molar-refractivity contribution < 1.29 is 23.1 Å². The first-order chi connectivity index (χ1) is 13.7. The highest BCUT2D eigenvalue weighted by molar-refractivity contribution is 8.02. The van der Waals surface area contributed by atoms with Gasteiger partial charge in [0.25, 0.3) is 0 Å². The fourth-order valence-electron chi connectivity index (χ4n) is 2.46. The number of nitrogens with zero attached hydrogens (tertiary/aromatic N) is 1. The van der Waals surface area contributed by atoms with Gasteiger partial charge in [0.05, 0.1) is 23.8 Å². The minimum absolute atomic E-state index is 0.138.